The average molecular weight is 404 g/mol. The Labute approximate surface area is 131 Å². The van der Waals surface area contributed by atoms with Gasteiger partial charge in [0.05, 0.1) is 10.1 Å². The topological polar surface area (TPSA) is 57.2 Å². The Balaban J connectivity index is 0.000000347. The zero-order valence-corrected chi connectivity index (χ0v) is 14.6. The van der Waals surface area contributed by atoms with E-state index in [2.05, 4.69) is 62.4 Å². The summed E-state index contributed by atoms with van der Waals surface area (Å²) in [6.45, 7) is 4.27. The molecular formula is C15H17IO3S. The van der Waals surface area contributed by atoms with Gasteiger partial charge in [-0.05, 0) is 38.1 Å². The minimum Gasteiger partial charge on any atom is -0.748 e. The van der Waals surface area contributed by atoms with Crippen molar-refractivity contribution in [3.05, 3.63) is 66.8 Å². The second-order valence-corrected chi connectivity index (χ2v) is 8.83. The molecule has 108 valence electrons. The van der Waals surface area contributed by atoms with Gasteiger partial charge in [0.1, 0.15) is 0 Å². The van der Waals surface area contributed by atoms with E-state index < -0.39 is 10.1 Å². The van der Waals surface area contributed by atoms with E-state index >= 15 is 0 Å². The van der Waals surface area contributed by atoms with Gasteiger partial charge in [-0.2, -0.15) is 0 Å². The molecule has 3 nitrogen and oxygen atoms in total. The van der Waals surface area contributed by atoms with Crippen LogP contribution in [0.4, 0.5) is 0 Å². The van der Waals surface area contributed by atoms with Crippen molar-refractivity contribution in [2.75, 3.05) is 6.26 Å². The highest BCUT2D eigenvalue weighted by Crippen LogP contribution is 1.95. The van der Waals surface area contributed by atoms with Crippen molar-refractivity contribution in [1.82, 2.24) is 0 Å². The zero-order valence-electron chi connectivity index (χ0n) is 11.6. The van der Waals surface area contributed by atoms with Crippen LogP contribution in [0, 0.1) is 21.0 Å². The van der Waals surface area contributed by atoms with Gasteiger partial charge in [0.25, 0.3) is 0 Å². The number of aryl methyl sites for hydroxylation is 2. The lowest BCUT2D eigenvalue weighted by atomic mass is 10.2. The van der Waals surface area contributed by atoms with E-state index in [-0.39, 0.29) is 21.2 Å². The van der Waals surface area contributed by atoms with Crippen LogP contribution >= 0.6 is 0 Å². The van der Waals surface area contributed by atoms with Gasteiger partial charge < -0.3 is 4.55 Å². The maximum atomic E-state index is 9.08. The molecule has 0 saturated carbocycles. The van der Waals surface area contributed by atoms with E-state index in [9.17, 15) is 0 Å². The SMILES string of the molecule is CS(=O)(=O)[O-].Cc1ccc([I+]c2ccc(C)cc2)cc1. The van der Waals surface area contributed by atoms with Crippen molar-refractivity contribution in [2.45, 2.75) is 13.8 Å². The minimum atomic E-state index is -3.92. The van der Waals surface area contributed by atoms with Crippen molar-refractivity contribution in [3.8, 4) is 0 Å². The Bertz CT molecular complexity index is 580. The van der Waals surface area contributed by atoms with Gasteiger partial charge >= 0.3 is 21.2 Å². The van der Waals surface area contributed by atoms with E-state index in [1.165, 1.54) is 18.3 Å². The number of rotatable bonds is 2. The summed E-state index contributed by atoms with van der Waals surface area (Å²) in [6.07, 6.45) is 0.604. The molecular weight excluding hydrogens is 387 g/mol. The lowest BCUT2D eigenvalue weighted by Gasteiger charge is -1.90. The number of hydrogen-bond acceptors (Lipinski definition) is 3. The molecule has 0 radical (unpaired) electrons. The van der Waals surface area contributed by atoms with Crippen LogP contribution in [0.2, 0.25) is 0 Å². The van der Waals surface area contributed by atoms with Crippen LogP contribution in [0.3, 0.4) is 0 Å². The molecule has 0 aliphatic heterocycles. The predicted molar refractivity (Wildman–Crippen MR) is 75.4 cm³/mol. The van der Waals surface area contributed by atoms with E-state index in [4.69, 9.17) is 13.0 Å². The predicted octanol–water partition coefficient (Wildman–Crippen LogP) is -0.407. The second-order valence-electron chi connectivity index (χ2n) is 4.39. The fourth-order valence-corrected chi connectivity index (χ4v) is 3.48. The molecule has 0 aliphatic rings. The van der Waals surface area contributed by atoms with Gasteiger partial charge in [-0.1, -0.05) is 35.4 Å². The summed E-state index contributed by atoms with van der Waals surface area (Å²) in [7, 11) is -3.92. The van der Waals surface area contributed by atoms with Gasteiger partial charge in [0, 0.05) is 6.26 Å². The molecule has 20 heavy (non-hydrogen) atoms. The molecule has 0 heterocycles. The molecule has 0 saturated heterocycles. The van der Waals surface area contributed by atoms with Gasteiger partial charge in [-0.15, -0.1) is 0 Å². The zero-order chi connectivity index (χ0) is 15.2. The molecule has 0 aromatic heterocycles. The average Bonchev–Trinajstić information content (AvgIpc) is 2.33. The fourth-order valence-electron chi connectivity index (χ4n) is 1.32. The van der Waals surface area contributed by atoms with Crippen molar-refractivity contribution in [1.29, 1.82) is 0 Å². The quantitative estimate of drug-likeness (QED) is 0.506. The smallest absolute Gasteiger partial charge is 0.357 e. The summed E-state index contributed by atoms with van der Waals surface area (Å²) >= 11 is 0.00313. The minimum absolute atomic E-state index is 0.00313. The van der Waals surface area contributed by atoms with Crippen LogP contribution in [0.15, 0.2) is 48.5 Å². The van der Waals surface area contributed by atoms with Crippen molar-refractivity contribution >= 4 is 10.1 Å². The summed E-state index contributed by atoms with van der Waals surface area (Å²) < 4.78 is 30.2. The van der Waals surface area contributed by atoms with Crippen LogP contribution in [0.1, 0.15) is 11.1 Å². The molecule has 0 fully saturated rings. The molecule has 0 unspecified atom stereocenters. The van der Waals surface area contributed by atoms with Gasteiger partial charge in [0.2, 0.25) is 0 Å². The Morgan fingerprint density at radius 1 is 0.800 bits per heavy atom. The summed E-state index contributed by atoms with van der Waals surface area (Å²) in [5, 5.41) is 0. The van der Waals surface area contributed by atoms with Gasteiger partial charge in [-0.3, -0.25) is 0 Å². The lowest BCUT2D eigenvalue weighted by molar-refractivity contribution is -0.597. The first-order valence-corrected chi connectivity index (χ1v) is 9.90. The Hall–Kier alpha value is -0.920. The standard InChI is InChI=1S/C14H14I.CH4O3S/c1-11-3-7-13(8-4-11)15-14-9-5-12(2)6-10-14;1-5(2,3)4/h3-10H,1-2H3;1H3,(H,2,3,4)/q+1;/p-1. The normalized spacial score (nSPS) is 10.6. The van der Waals surface area contributed by atoms with Crippen LogP contribution in [0.5, 0.6) is 0 Å². The highest BCUT2D eigenvalue weighted by molar-refractivity contribution is 7.84. The molecule has 2 aromatic carbocycles. The van der Waals surface area contributed by atoms with Crippen LogP contribution in [-0.4, -0.2) is 19.2 Å². The Kier molecular flexibility index (Phi) is 6.64. The molecule has 0 amide bonds. The summed E-state index contributed by atoms with van der Waals surface area (Å²) in [6, 6.07) is 17.8. The number of benzene rings is 2. The van der Waals surface area contributed by atoms with E-state index in [0.717, 1.165) is 0 Å². The maximum Gasteiger partial charge on any atom is 0.357 e. The Morgan fingerprint density at radius 2 is 1.05 bits per heavy atom. The number of hydrogen-bond donors (Lipinski definition) is 0. The first-order valence-electron chi connectivity index (χ1n) is 5.93. The monoisotopic (exact) mass is 404 g/mol. The van der Waals surface area contributed by atoms with E-state index in [1.54, 1.807) is 0 Å². The highest BCUT2D eigenvalue weighted by Gasteiger charge is 2.13. The van der Waals surface area contributed by atoms with Crippen molar-refractivity contribution in [3.63, 3.8) is 0 Å². The molecule has 0 N–H and O–H groups in total. The summed E-state index contributed by atoms with van der Waals surface area (Å²) in [5.41, 5.74) is 2.68. The van der Waals surface area contributed by atoms with Crippen molar-refractivity contribution in [2.24, 2.45) is 0 Å². The first kappa shape index (κ1) is 17.1. The summed E-state index contributed by atoms with van der Waals surface area (Å²) in [4.78, 5) is 0. The van der Waals surface area contributed by atoms with Crippen LogP contribution in [-0.2, 0) is 10.1 Å². The third-order valence-corrected chi connectivity index (χ3v) is 4.92. The third-order valence-electron chi connectivity index (χ3n) is 2.24. The molecule has 5 heteroatoms. The molecule has 2 rings (SSSR count). The van der Waals surface area contributed by atoms with E-state index in [1.807, 2.05) is 0 Å². The van der Waals surface area contributed by atoms with E-state index in [0.29, 0.717) is 6.26 Å². The maximum absolute atomic E-state index is 9.08. The Morgan fingerprint density at radius 3 is 1.30 bits per heavy atom. The first-order chi connectivity index (χ1) is 9.24. The number of halogens is 1. The highest BCUT2D eigenvalue weighted by atomic mass is 127. The largest absolute Gasteiger partial charge is 0.748 e. The third kappa shape index (κ3) is 8.29. The van der Waals surface area contributed by atoms with Crippen LogP contribution < -0.4 is 21.2 Å². The molecule has 2 aromatic rings. The van der Waals surface area contributed by atoms with Gasteiger partial charge in [-0.25, -0.2) is 8.42 Å². The van der Waals surface area contributed by atoms with Crippen molar-refractivity contribution < 1.29 is 34.2 Å². The second kappa shape index (κ2) is 7.75. The van der Waals surface area contributed by atoms with Gasteiger partial charge in [0.15, 0.2) is 7.14 Å². The molecule has 0 aliphatic carbocycles. The molecule has 0 bridgehead atoms. The fraction of sp³-hybridized carbons (Fsp3) is 0.200. The lowest BCUT2D eigenvalue weighted by Crippen LogP contribution is -3.61. The van der Waals surface area contributed by atoms with Crippen LogP contribution in [0.25, 0.3) is 0 Å². The summed E-state index contributed by atoms with van der Waals surface area (Å²) in [5.74, 6) is 0. The molecule has 0 spiro atoms. The molecule has 0 atom stereocenters.